The zero-order valence-corrected chi connectivity index (χ0v) is 15.2. The first-order chi connectivity index (χ1) is 11.6. The Morgan fingerprint density at radius 1 is 1.17 bits per heavy atom. The number of anilines is 2. The van der Waals surface area contributed by atoms with Crippen LogP contribution in [-0.2, 0) is 11.2 Å². The average molecular weight is 390 g/mol. The van der Waals surface area contributed by atoms with E-state index in [1.54, 1.807) is 6.07 Å². The SMILES string of the molecule is CN1CCN(c2ccc(NC(=O)Cc3cccc(Br)c3)nn2)CC1. The van der Waals surface area contributed by atoms with Gasteiger partial charge in [0.15, 0.2) is 11.6 Å². The smallest absolute Gasteiger partial charge is 0.229 e. The summed E-state index contributed by atoms with van der Waals surface area (Å²) >= 11 is 3.41. The molecular formula is C17H20BrN5O. The number of hydrogen-bond acceptors (Lipinski definition) is 5. The number of carbonyl (C=O) groups excluding carboxylic acids is 1. The monoisotopic (exact) mass is 389 g/mol. The van der Waals surface area contributed by atoms with Gasteiger partial charge in [0, 0.05) is 30.7 Å². The quantitative estimate of drug-likeness (QED) is 0.867. The Morgan fingerprint density at radius 3 is 2.62 bits per heavy atom. The van der Waals surface area contributed by atoms with Crippen molar-refractivity contribution in [3.8, 4) is 0 Å². The third kappa shape index (κ3) is 4.52. The summed E-state index contributed by atoms with van der Waals surface area (Å²) in [6, 6.07) is 11.4. The van der Waals surface area contributed by atoms with E-state index in [4.69, 9.17) is 0 Å². The molecule has 6 nitrogen and oxygen atoms in total. The first-order valence-corrected chi connectivity index (χ1v) is 8.71. The Morgan fingerprint density at radius 2 is 1.96 bits per heavy atom. The molecular weight excluding hydrogens is 370 g/mol. The van der Waals surface area contributed by atoms with Crippen LogP contribution in [0.15, 0.2) is 40.9 Å². The molecule has 2 heterocycles. The number of hydrogen-bond donors (Lipinski definition) is 1. The highest BCUT2D eigenvalue weighted by molar-refractivity contribution is 9.10. The third-order valence-corrected chi connectivity index (χ3v) is 4.49. The fourth-order valence-electron chi connectivity index (χ4n) is 2.62. The summed E-state index contributed by atoms with van der Waals surface area (Å²) in [6.07, 6.45) is 0.307. The van der Waals surface area contributed by atoms with Gasteiger partial charge in [-0.3, -0.25) is 4.79 Å². The van der Waals surface area contributed by atoms with Gasteiger partial charge >= 0.3 is 0 Å². The van der Waals surface area contributed by atoms with Crippen LogP contribution in [0.25, 0.3) is 0 Å². The lowest BCUT2D eigenvalue weighted by Crippen LogP contribution is -2.44. The summed E-state index contributed by atoms with van der Waals surface area (Å²) in [4.78, 5) is 16.6. The summed E-state index contributed by atoms with van der Waals surface area (Å²) in [5, 5.41) is 11.2. The predicted octanol–water partition coefficient (Wildman–Crippen LogP) is 2.17. The Kier molecular flexibility index (Phi) is 5.42. The third-order valence-electron chi connectivity index (χ3n) is 4.00. The van der Waals surface area contributed by atoms with Gasteiger partial charge in [-0.1, -0.05) is 28.1 Å². The normalized spacial score (nSPS) is 15.3. The second kappa shape index (κ2) is 7.72. The number of halogens is 1. The largest absolute Gasteiger partial charge is 0.353 e. The standard InChI is InChI=1S/C17H20BrN5O/c1-22-7-9-23(10-8-22)16-6-5-15(20-21-16)19-17(24)12-13-3-2-4-14(18)11-13/h2-6,11H,7-10,12H2,1H3,(H,19,20,24). The molecule has 1 aliphatic heterocycles. The molecule has 1 amide bonds. The zero-order chi connectivity index (χ0) is 16.9. The van der Waals surface area contributed by atoms with E-state index in [2.05, 4.69) is 48.3 Å². The highest BCUT2D eigenvalue weighted by atomic mass is 79.9. The number of piperazine rings is 1. The van der Waals surface area contributed by atoms with E-state index in [0.717, 1.165) is 42.0 Å². The van der Waals surface area contributed by atoms with Crippen molar-refractivity contribution in [1.82, 2.24) is 15.1 Å². The first-order valence-electron chi connectivity index (χ1n) is 7.92. The van der Waals surface area contributed by atoms with Crippen molar-refractivity contribution < 1.29 is 4.79 Å². The highest BCUT2D eigenvalue weighted by Crippen LogP contribution is 2.15. The topological polar surface area (TPSA) is 61.4 Å². The Balaban J connectivity index is 1.56. The molecule has 0 saturated carbocycles. The molecule has 1 fully saturated rings. The van der Waals surface area contributed by atoms with E-state index in [0.29, 0.717) is 12.2 Å². The van der Waals surface area contributed by atoms with Crippen LogP contribution in [0.1, 0.15) is 5.56 Å². The zero-order valence-electron chi connectivity index (χ0n) is 13.6. The molecule has 0 radical (unpaired) electrons. The van der Waals surface area contributed by atoms with Gasteiger partial charge in [-0.2, -0.15) is 0 Å². The van der Waals surface area contributed by atoms with E-state index in [9.17, 15) is 4.79 Å². The molecule has 2 aromatic rings. The van der Waals surface area contributed by atoms with E-state index in [-0.39, 0.29) is 5.91 Å². The number of aromatic nitrogens is 2. The Labute approximate surface area is 150 Å². The molecule has 0 bridgehead atoms. The minimum atomic E-state index is -0.102. The highest BCUT2D eigenvalue weighted by Gasteiger charge is 2.15. The van der Waals surface area contributed by atoms with E-state index < -0.39 is 0 Å². The number of benzene rings is 1. The van der Waals surface area contributed by atoms with Gasteiger partial charge in [0.1, 0.15) is 0 Å². The van der Waals surface area contributed by atoms with Crippen molar-refractivity contribution in [2.45, 2.75) is 6.42 Å². The lowest BCUT2D eigenvalue weighted by Gasteiger charge is -2.32. The molecule has 126 valence electrons. The number of amides is 1. The van der Waals surface area contributed by atoms with Gasteiger partial charge in [-0.15, -0.1) is 10.2 Å². The van der Waals surface area contributed by atoms with Gasteiger partial charge < -0.3 is 15.1 Å². The molecule has 1 aromatic carbocycles. The maximum atomic E-state index is 12.1. The van der Waals surface area contributed by atoms with Gasteiger partial charge in [0.05, 0.1) is 6.42 Å². The van der Waals surface area contributed by atoms with Gasteiger partial charge in [-0.05, 0) is 36.9 Å². The minimum Gasteiger partial charge on any atom is -0.353 e. The van der Waals surface area contributed by atoms with Crippen LogP contribution < -0.4 is 10.2 Å². The maximum Gasteiger partial charge on any atom is 0.229 e. The van der Waals surface area contributed by atoms with Crippen LogP contribution in [-0.4, -0.2) is 54.2 Å². The number of nitrogens with one attached hydrogen (secondary N) is 1. The molecule has 1 aromatic heterocycles. The molecule has 0 unspecified atom stereocenters. The summed E-state index contributed by atoms with van der Waals surface area (Å²) < 4.78 is 0.962. The van der Waals surface area contributed by atoms with Crippen molar-refractivity contribution in [3.63, 3.8) is 0 Å². The number of likely N-dealkylation sites (N-methyl/N-ethyl adjacent to an activating group) is 1. The van der Waals surface area contributed by atoms with Crippen LogP contribution in [0, 0.1) is 0 Å². The lowest BCUT2D eigenvalue weighted by molar-refractivity contribution is -0.115. The van der Waals surface area contributed by atoms with Crippen molar-refractivity contribution in [2.24, 2.45) is 0 Å². The van der Waals surface area contributed by atoms with Gasteiger partial charge in [-0.25, -0.2) is 0 Å². The van der Waals surface area contributed by atoms with Gasteiger partial charge in [0.2, 0.25) is 5.91 Å². The van der Waals surface area contributed by atoms with Crippen molar-refractivity contribution in [2.75, 3.05) is 43.4 Å². The van der Waals surface area contributed by atoms with Crippen LogP contribution in [0.4, 0.5) is 11.6 Å². The average Bonchev–Trinajstić information content (AvgIpc) is 2.56. The second-order valence-corrected chi connectivity index (χ2v) is 6.84. The summed E-state index contributed by atoms with van der Waals surface area (Å²) in [7, 11) is 2.12. The molecule has 0 aliphatic carbocycles. The fourth-order valence-corrected chi connectivity index (χ4v) is 3.06. The Hall–Kier alpha value is -1.99. The minimum absolute atomic E-state index is 0.102. The number of carbonyl (C=O) groups is 1. The molecule has 1 saturated heterocycles. The number of rotatable bonds is 4. The van der Waals surface area contributed by atoms with Crippen LogP contribution in [0.3, 0.4) is 0 Å². The van der Waals surface area contributed by atoms with Gasteiger partial charge in [0.25, 0.3) is 0 Å². The molecule has 24 heavy (non-hydrogen) atoms. The van der Waals surface area contributed by atoms with Crippen LogP contribution in [0.2, 0.25) is 0 Å². The fraction of sp³-hybridized carbons (Fsp3) is 0.353. The van der Waals surface area contributed by atoms with Crippen molar-refractivity contribution in [3.05, 3.63) is 46.4 Å². The van der Waals surface area contributed by atoms with E-state index >= 15 is 0 Å². The van der Waals surface area contributed by atoms with Crippen LogP contribution >= 0.6 is 15.9 Å². The molecule has 1 N–H and O–H groups in total. The van der Waals surface area contributed by atoms with E-state index in [1.165, 1.54) is 0 Å². The molecule has 0 spiro atoms. The maximum absolute atomic E-state index is 12.1. The van der Waals surface area contributed by atoms with Crippen LogP contribution in [0.5, 0.6) is 0 Å². The molecule has 1 aliphatic rings. The second-order valence-electron chi connectivity index (χ2n) is 5.92. The molecule has 0 atom stereocenters. The molecule has 7 heteroatoms. The van der Waals surface area contributed by atoms with E-state index in [1.807, 2.05) is 30.3 Å². The van der Waals surface area contributed by atoms with Crippen molar-refractivity contribution in [1.29, 1.82) is 0 Å². The lowest BCUT2D eigenvalue weighted by atomic mass is 10.1. The summed E-state index contributed by atoms with van der Waals surface area (Å²) in [6.45, 7) is 3.93. The summed E-state index contributed by atoms with van der Waals surface area (Å²) in [5.41, 5.74) is 0.948. The predicted molar refractivity (Wildman–Crippen MR) is 98.2 cm³/mol. The summed E-state index contributed by atoms with van der Waals surface area (Å²) in [5.74, 6) is 1.23. The number of nitrogens with zero attached hydrogens (tertiary/aromatic N) is 4. The first kappa shape index (κ1) is 16.9. The molecule has 3 rings (SSSR count). The Bertz CT molecular complexity index is 698. The van der Waals surface area contributed by atoms with Crippen molar-refractivity contribution >= 4 is 33.5 Å².